The van der Waals surface area contributed by atoms with Crippen molar-refractivity contribution in [3.8, 4) is 33.1 Å². The van der Waals surface area contributed by atoms with E-state index >= 15 is 4.39 Å². The smallest absolute Gasteiger partial charge is 0.246 e. The van der Waals surface area contributed by atoms with Crippen molar-refractivity contribution in [3.05, 3.63) is 118 Å². The van der Waals surface area contributed by atoms with E-state index in [2.05, 4.69) is 37.7 Å². The van der Waals surface area contributed by atoms with Crippen LogP contribution < -0.4 is 25.6 Å². The first-order valence-corrected chi connectivity index (χ1v) is 27.8. The van der Waals surface area contributed by atoms with Gasteiger partial charge in [0.2, 0.25) is 23.7 Å². The SMILES string of the molecule is C=CC(=O)N1CCN(c2nc(NCCC(=O)CNCCOCCOc3cc(-c4scnc4C)ccc3CNC(=O)[C@@H]3C[C@@H](O)CN3C(=O)[C@@H](c3cc(C)no3)C(C)C)nc3c(F)c(-c4cc(O)cc5ccccc45)c(Cl)cc23)CC1. The fraction of sp³-hybridized carbons (Fsp3) is 0.379. The second-order valence-electron chi connectivity index (χ2n) is 20.2. The Labute approximate surface area is 471 Å². The van der Waals surface area contributed by atoms with Crippen LogP contribution in [0.15, 0.2) is 89.4 Å². The Morgan fingerprint density at radius 1 is 0.988 bits per heavy atom. The topological polar surface area (TPSA) is 238 Å². The van der Waals surface area contributed by atoms with Crippen LogP contribution in [0.2, 0.25) is 5.02 Å². The number of aliphatic hydroxyl groups is 1. The number of amides is 3. The lowest BCUT2D eigenvalue weighted by Crippen LogP contribution is -2.48. The number of phenolic OH excluding ortho intramolecular Hbond substituents is 1. The number of aromatic hydroxyl groups is 1. The number of hydrogen-bond acceptors (Lipinski definition) is 17. The normalized spacial score (nSPS) is 15.9. The number of nitrogens with zero attached hydrogens (tertiary/aromatic N) is 7. The number of rotatable bonds is 23. The van der Waals surface area contributed by atoms with Crippen molar-refractivity contribution in [3.63, 3.8) is 0 Å². The first-order chi connectivity index (χ1) is 38.6. The Balaban J connectivity index is 0.779. The Kier molecular flexibility index (Phi) is 18.4. The highest BCUT2D eigenvalue weighted by Crippen LogP contribution is 2.43. The average Bonchev–Trinajstić information content (AvgIpc) is 4.20. The van der Waals surface area contributed by atoms with Crippen LogP contribution >= 0.6 is 22.9 Å². The molecule has 22 heteroatoms. The minimum absolute atomic E-state index is 0.00401. The zero-order valence-electron chi connectivity index (χ0n) is 45.0. The van der Waals surface area contributed by atoms with Crippen LogP contribution in [0.4, 0.5) is 16.2 Å². The maximum atomic E-state index is 17.0. The molecular formula is C58H64ClFN10O9S. The van der Waals surface area contributed by atoms with Crippen LogP contribution in [0.25, 0.3) is 43.2 Å². The number of fused-ring (bicyclic) bond motifs is 2. The molecule has 5 heterocycles. The van der Waals surface area contributed by atoms with Gasteiger partial charge in [0.15, 0.2) is 5.82 Å². The number of thiazole rings is 1. The lowest BCUT2D eigenvalue weighted by Gasteiger charge is -2.35. The number of aryl methyl sites for hydroxylation is 2. The second kappa shape index (κ2) is 25.7. The van der Waals surface area contributed by atoms with E-state index < -0.39 is 29.8 Å². The molecule has 2 aliphatic rings. The van der Waals surface area contributed by atoms with Gasteiger partial charge in [-0.2, -0.15) is 4.98 Å². The summed E-state index contributed by atoms with van der Waals surface area (Å²) in [5, 5.41) is 36.3. The number of hydrogen-bond donors (Lipinski definition) is 5. The zero-order valence-corrected chi connectivity index (χ0v) is 46.5. The highest BCUT2D eigenvalue weighted by atomic mass is 35.5. The van der Waals surface area contributed by atoms with Crippen LogP contribution in [0.1, 0.15) is 55.3 Å². The van der Waals surface area contributed by atoms with Crippen LogP contribution in [0, 0.1) is 25.6 Å². The molecule has 0 bridgehead atoms. The summed E-state index contributed by atoms with van der Waals surface area (Å²) in [5.41, 5.74) is 5.35. The highest BCUT2D eigenvalue weighted by Gasteiger charge is 2.43. The van der Waals surface area contributed by atoms with E-state index in [1.807, 2.05) is 68.1 Å². The third kappa shape index (κ3) is 13.0. The monoisotopic (exact) mass is 1130 g/mol. The molecule has 3 amide bonds. The van der Waals surface area contributed by atoms with Crippen LogP contribution in [-0.2, 0) is 30.5 Å². The lowest BCUT2D eigenvalue weighted by molar-refractivity contribution is -0.141. The summed E-state index contributed by atoms with van der Waals surface area (Å²) in [6, 6.07) is 18.6. The summed E-state index contributed by atoms with van der Waals surface area (Å²) in [7, 11) is 0. The van der Waals surface area contributed by atoms with Crippen molar-refractivity contribution in [2.45, 2.75) is 65.1 Å². The molecule has 19 nitrogen and oxygen atoms in total. The van der Waals surface area contributed by atoms with Crippen molar-refractivity contribution >= 4 is 79.9 Å². The summed E-state index contributed by atoms with van der Waals surface area (Å²) in [6.45, 7) is 14.1. The zero-order chi connectivity index (χ0) is 56.6. The Morgan fingerprint density at radius 2 is 1.79 bits per heavy atom. The number of halogens is 2. The third-order valence-electron chi connectivity index (χ3n) is 14.2. The third-order valence-corrected chi connectivity index (χ3v) is 15.5. The molecular weight excluding hydrogens is 1070 g/mol. The van der Waals surface area contributed by atoms with E-state index in [0.717, 1.165) is 16.1 Å². The largest absolute Gasteiger partial charge is 0.508 e. The molecule has 0 radical (unpaired) electrons. The number of anilines is 2. The number of likely N-dealkylation sites (tertiary alicyclic amines) is 1. The van der Waals surface area contributed by atoms with E-state index in [1.165, 1.54) is 28.4 Å². The second-order valence-corrected chi connectivity index (χ2v) is 21.5. The van der Waals surface area contributed by atoms with Gasteiger partial charge in [-0.25, -0.2) is 14.4 Å². The number of carbonyl (C=O) groups excluding carboxylic acids is 4. The number of phenols is 1. The Hall–Kier alpha value is -7.56. The molecule has 4 aromatic carbocycles. The quantitative estimate of drug-likeness (QED) is 0.0306. The Morgan fingerprint density at radius 3 is 2.52 bits per heavy atom. The van der Waals surface area contributed by atoms with Crippen molar-refractivity contribution in [2.24, 2.45) is 5.92 Å². The molecule has 3 atom stereocenters. The van der Waals surface area contributed by atoms with Gasteiger partial charge >= 0.3 is 0 Å². The highest BCUT2D eigenvalue weighted by molar-refractivity contribution is 7.13. The molecule has 0 saturated carbocycles. The Bertz CT molecular complexity index is 3420. The predicted molar refractivity (Wildman–Crippen MR) is 304 cm³/mol. The molecule has 2 fully saturated rings. The molecule has 2 aliphatic heterocycles. The molecule has 80 heavy (non-hydrogen) atoms. The summed E-state index contributed by atoms with van der Waals surface area (Å²) < 4.78 is 34.6. The van der Waals surface area contributed by atoms with Gasteiger partial charge in [-0.15, -0.1) is 11.3 Å². The number of Topliss-reactive ketones (excluding diaryl/α,β-unsaturated/α-hetero) is 1. The van der Waals surface area contributed by atoms with Gasteiger partial charge in [0.1, 0.15) is 52.9 Å². The lowest BCUT2D eigenvalue weighted by atomic mass is 9.91. The molecule has 5 N–H and O–H groups in total. The van der Waals surface area contributed by atoms with Crippen LogP contribution in [-0.4, -0.2) is 148 Å². The van der Waals surface area contributed by atoms with E-state index in [4.69, 9.17) is 30.6 Å². The molecule has 2 saturated heterocycles. The number of β-amino-alcohol motifs (C(OH)–C–C–N with tert-alkyl or cyclic N) is 1. The molecule has 9 rings (SSSR count). The van der Waals surface area contributed by atoms with Crippen molar-refractivity contribution < 1.29 is 47.8 Å². The first kappa shape index (κ1) is 57.1. The van der Waals surface area contributed by atoms with E-state index in [0.29, 0.717) is 83.0 Å². The van der Waals surface area contributed by atoms with Gasteiger partial charge in [-0.1, -0.05) is 73.6 Å². The van der Waals surface area contributed by atoms with E-state index in [-0.39, 0.29) is 110 Å². The molecule has 7 aromatic rings. The van der Waals surface area contributed by atoms with Gasteiger partial charge in [0.25, 0.3) is 0 Å². The van der Waals surface area contributed by atoms with E-state index in [9.17, 15) is 29.4 Å². The number of benzene rings is 4. The van der Waals surface area contributed by atoms with Crippen molar-refractivity contribution in [1.29, 1.82) is 0 Å². The molecule has 3 aromatic heterocycles. The number of aromatic nitrogens is 4. The van der Waals surface area contributed by atoms with E-state index in [1.54, 1.807) is 35.5 Å². The summed E-state index contributed by atoms with van der Waals surface area (Å²) in [4.78, 5) is 73.1. The fourth-order valence-electron chi connectivity index (χ4n) is 10.2. The fourth-order valence-corrected chi connectivity index (χ4v) is 11.3. The number of carbonyl (C=O) groups is 4. The van der Waals surface area contributed by atoms with Crippen LogP contribution in [0.3, 0.4) is 0 Å². The van der Waals surface area contributed by atoms with Crippen molar-refractivity contribution in [2.75, 3.05) is 82.4 Å². The molecule has 0 aliphatic carbocycles. The predicted octanol–water partition coefficient (Wildman–Crippen LogP) is 7.59. The molecule has 0 spiro atoms. The first-order valence-electron chi connectivity index (χ1n) is 26.6. The maximum absolute atomic E-state index is 17.0. The number of aliphatic hydroxyl groups excluding tert-OH is 1. The summed E-state index contributed by atoms with van der Waals surface area (Å²) in [5.74, 6) is -1.11. The van der Waals surface area contributed by atoms with Gasteiger partial charge in [-0.3, -0.25) is 19.2 Å². The van der Waals surface area contributed by atoms with Crippen LogP contribution in [0.5, 0.6) is 11.5 Å². The number of nitrogens with one attached hydrogen (secondary N) is 3. The summed E-state index contributed by atoms with van der Waals surface area (Å²) in [6.07, 6.45) is 0.607. The number of piperazine rings is 1. The maximum Gasteiger partial charge on any atom is 0.246 e. The van der Waals surface area contributed by atoms with Gasteiger partial charge in [-0.05, 0) is 72.0 Å². The molecule has 420 valence electrons. The van der Waals surface area contributed by atoms with Gasteiger partial charge < -0.3 is 54.9 Å². The van der Waals surface area contributed by atoms with Gasteiger partial charge in [0, 0.05) is 87.8 Å². The number of ether oxygens (including phenoxy) is 2. The minimum atomic E-state index is -0.891. The average molecular weight is 1130 g/mol. The standard InChI is InChI=1S/C58H64ClFN10O9S/c1-6-49(74)68-16-18-69(19-17-68)55-44-28-45(59)51(43-26-40(72)24-36-9-7-8-10-42(36)43)52(60)53(44)65-58(66-55)62-14-13-39(71)30-61-15-20-77-21-22-78-47-25-37(54-35(5)64-32-80-54)11-12-38(47)29-63-56(75)46-27-41(73)31-70(46)57(76)50(33(2)3)48-23-34(4)67-79-48/h6-12,23-26,28,32-33,41,46,50,61,72-73H,1,13-22,27,29-31H2,2-5H3,(H,63,75)(H,62,65,66)/t41-,46+,50-/m1/s1. The van der Waals surface area contributed by atoms with Crippen molar-refractivity contribution in [1.82, 2.24) is 40.5 Å². The number of ketones is 1. The summed E-state index contributed by atoms with van der Waals surface area (Å²) >= 11 is 8.40. The molecule has 0 unspecified atom stereocenters. The van der Waals surface area contributed by atoms with Gasteiger partial charge in [0.05, 0.1) is 52.7 Å². The minimum Gasteiger partial charge on any atom is -0.508 e.